The lowest BCUT2D eigenvalue weighted by Crippen LogP contribution is -2.36. The zero-order chi connectivity index (χ0) is 14.5. The molecule has 1 amide bonds. The molecular weight excluding hydrogens is 284 g/mol. The molecule has 0 bridgehead atoms. The van der Waals surface area contributed by atoms with Gasteiger partial charge in [0.1, 0.15) is 0 Å². The van der Waals surface area contributed by atoms with Gasteiger partial charge in [-0.05, 0) is 29.6 Å². The second-order valence-electron chi connectivity index (χ2n) is 4.95. The van der Waals surface area contributed by atoms with Gasteiger partial charge in [0, 0.05) is 29.3 Å². The van der Waals surface area contributed by atoms with E-state index in [0.29, 0.717) is 6.42 Å². The summed E-state index contributed by atoms with van der Waals surface area (Å²) in [6, 6.07) is 11.9. The second-order valence-corrected chi connectivity index (χ2v) is 5.99. The van der Waals surface area contributed by atoms with E-state index in [9.17, 15) is 4.79 Å². The van der Waals surface area contributed by atoms with Crippen molar-refractivity contribution in [2.75, 3.05) is 36.5 Å². The Bertz CT molecular complexity index is 592. The fourth-order valence-corrected chi connectivity index (χ4v) is 3.08. The average Bonchev–Trinajstić information content (AvgIpc) is 3.01. The summed E-state index contributed by atoms with van der Waals surface area (Å²) in [6.07, 6.45) is 0.430. The van der Waals surface area contributed by atoms with Gasteiger partial charge in [-0.25, -0.2) is 0 Å². The molecule has 1 fully saturated rings. The maximum Gasteiger partial charge on any atom is 0.229 e. The number of morpholine rings is 1. The summed E-state index contributed by atoms with van der Waals surface area (Å²) in [5.74, 6) is 0.0246. The smallest absolute Gasteiger partial charge is 0.229 e. The van der Waals surface area contributed by atoms with Crippen LogP contribution < -0.4 is 10.2 Å². The van der Waals surface area contributed by atoms with Crippen LogP contribution in [0.4, 0.5) is 11.4 Å². The average molecular weight is 302 g/mol. The molecule has 2 aromatic rings. The van der Waals surface area contributed by atoms with E-state index >= 15 is 0 Å². The molecule has 5 heteroatoms. The highest BCUT2D eigenvalue weighted by atomic mass is 32.1. The van der Waals surface area contributed by atoms with Crippen LogP contribution in [0.3, 0.4) is 0 Å². The number of thiophene rings is 1. The molecule has 1 aromatic carbocycles. The van der Waals surface area contributed by atoms with E-state index in [1.165, 1.54) is 0 Å². The lowest BCUT2D eigenvalue weighted by atomic mass is 10.2. The molecular formula is C16H18N2O2S. The van der Waals surface area contributed by atoms with Gasteiger partial charge in [0.2, 0.25) is 5.91 Å². The molecule has 4 nitrogen and oxygen atoms in total. The third-order valence-electron chi connectivity index (χ3n) is 3.42. The molecule has 0 unspecified atom stereocenters. The molecule has 0 aliphatic carbocycles. The van der Waals surface area contributed by atoms with Crippen molar-refractivity contribution in [1.29, 1.82) is 0 Å². The van der Waals surface area contributed by atoms with Crippen molar-refractivity contribution < 1.29 is 9.53 Å². The lowest BCUT2D eigenvalue weighted by Gasteiger charge is -2.29. The normalized spacial score (nSPS) is 15.0. The molecule has 1 aliphatic rings. The number of hydrogen-bond donors (Lipinski definition) is 1. The number of carbonyl (C=O) groups is 1. The standard InChI is InChI=1S/C16H18N2O2S/c19-16(12-15-5-2-10-21-15)17-13-3-1-4-14(11-13)18-6-8-20-9-7-18/h1-5,10-11H,6-9,12H2,(H,17,19). The molecule has 1 saturated heterocycles. The molecule has 1 aliphatic heterocycles. The molecule has 1 aromatic heterocycles. The predicted octanol–water partition coefficient (Wildman–Crippen LogP) is 2.77. The molecule has 0 atom stereocenters. The van der Waals surface area contributed by atoms with Gasteiger partial charge >= 0.3 is 0 Å². The number of anilines is 2. The van der Waals surface area contributed by atoms with Crippen LogP contribution >= 0.6 is 11.3 Å². The van der Waals surface area contributed by atoms with Crippen LogP contribution in [-0.4, -0.2) is 32.2 Å². The first-order chi connectivity index (χ1) is 10.3. The number of rotatable bonds is 4. The maximum atomic E-state index is 12.0. The van der Waals surface area contributed by atoms with Crippen molar-refractivity contribution in [1.82, 2.24) is 0 Å². The van der Waals surface area contributed by atoms with Crippen molar-refractivity contribution >= 4 is 28.6 Å². The quantitative estimate of drug-likeness (QED) is 0.944. The summed E-state index contributed by atoms with van der Waals surface area (Å²) in [4.78, 5) is 15.4. The highest BCUT2D eigenvalue weighted by molar-refractivity contribution is 7.10. The zero-order valence-corrected chi connectivity index (χ0v) is 12.6. The Morgan fingerprint density at radius 2 is 2.10 bits per heavy atom. The molecule has 2 heterocycles. The molecule has 0 spiro atoms. The van der Waals surface area contributed by atoms with Crippen LogP contribution in [0.15, 0.2) is 41.8 Å². The van der Waals surface area contributed by atoms with Gasteiger partial charge in [-0.15, -0.1) is 11.3 Å². The first kappa shape index (κ1) is 14.1. The van der Waals surface area contributed by atoms with Crippen molar-refractivity contribution in [3.8, 4) is 0 Å². The second kappa shape index (κ2) is 6.74. The van der Waals surface area contributed by atoms with E-state index in [1.807, 2.05) is 35.7 Å². The monoisotopic (exact) mass is 302 g/mol. The van der Waals surface area contributed by atoms with Crippen LogP contribution in [0, 0.1) is 0 Å². The maximum absolute atomic E-state index is 12.0. The Balaban J connectivity index is 1.63. The number of nitrogens with one attached hydrogen (secondary N) is 1. The van der Waals surface area contributed by atoms with Gasteiger partial charge < -0.3 is 15.0 Å². The van der Waals surface area contributed by atoms with Gasteiger partial charge in [0.25, 0.3) is 0 Å². The molecule has 0 saturated carbocycles. The fraction of sp³-hybridized carbons (Fsp3) is 0.312. The zero-order valence-electron chi connectivity index (χ0n) is 11.7. The first-order valence-corrected chi connectivity index (χ1v) is 7.94. The minimum Gasteiger partial charge on any atom is -0.378 e. The Morgan fingerprint density at radius 3 is 2.86 bits per heavy atom. The topological polar surface area (TPSA) is 41.6 Å². The number of nitrogens with zero attached hydrogens (tertiary/aromatic N) is 1. The van der Waals surface area contributed by atoms with E-state index in [1.54, 1.807) is 11.3 Å². The molecule has 1 N–H and O–H groups in total. The minimum absolute atomic E-state index is 0.0246. The Labute approximate surface area is 128 Å². The van der Waals surface area contributed by atoms with E-state index in [4.69, 9.17) is 4.74 Å². The van der Waals surface area contributed by atoms with Crippen LogP contribution in [0.5, 0.6) is 0 Å². The van der Waals surface area contributed by atoms with Gasteiger partial charge in [0.05, 0.1) is 19.6 Å². The van der Waals surface area contributed by atoms with E-state index in [-0.39, 0.29) is 5.91 Å². The van der Waals surface area contributed by atoms with Crippen molar-refractivity contribution in [3.05, 3.63) is 46.7 Å². The number of amides is 1. The summed E-state index contributed by atoms with van der Waals surface area (Å²) in [7, 11) is 0. The third kappa shape index (κ3) is 3.83. The summed E-state index contributed by atoms with van der Waals surface area (Å²) < 4.78 is 5.36. The fourth-order valence-electron chi connectivity index (χ4n) is 2.38. The van der Waals surface area contributed by atoms with Gasteiger partial charge in [-0.1, -0.05) is 12.1 Å². The van der Waals surface area contributed by atoms with Gasteiger partial charge in [-0.2, -0.15) is 0 Å². The molecule has 3 rings (SSSR count). The highest BCUT2D eigenvalue weighted by Gasteiger charge is 2.12. The summed E-state index contributed by atoms with van der Waals surface area (Å²) in [5.41, 5.74) is 1.98. The van der Waals surface area contributed by atoms with E-state index in [0.717, 1.165) is 42.6 Å². The molecule has 0 radical (unpaired) electrons. The molecule has 21 heavy (non-hydrogen) atoms. The Kier molecular flexibility index (Phi) is 4.52. The van der Waals surface area contributed by atoms with E-state index < -0.39 is 0 Å². The number of carbonyl (C=O) groups excluding carboxylic acids is 1. The predicted molar refractivity (Wildman–Crippen MR) is 86.1 cm³/mol. The summed E-state index contributed by atoms with van der Waals surface area (Å²) in [5, 5.41) is 4.96. The van der Waals surface area contributed by atoms with E-state index in [2.05, 4.69) is 16.3 Å². The van der Waals surface area contributed by atoms with Crippen molar-refractivity contribution in [3.63, 3.8) is 0 Å². The largest absolute Gasteiger partial charge is 0.378 e. The number of hydrogen-bond acceptors (Lipinski definition) is 4. The molecule has 110 valence electrons. The lowest BCUT2D eigenvalue weighted by molar-refractivity contribution is -0.115. The van der Waals surface area contributed by atoms with Crippen LogP contribution in [0.2, 0.25) is 0 Å². The summed E-state index contributed by atoms with van der Waals surface area (Å²) in [6.45, 7) is 3.31. The van der Waals surface area contributed by atoms with Gasteiger partial charge in [-0.3, -0.25) is 4.79 Å². The van der Waals surface area contributed by atoms with Crippen molar-refractivity contribution in [2.45, 2.75) is 6.42 Å². The Hall–Kier alpha value is -1.85. The van der Waals surface area contributed by atoms with Crippen LogP contribution in [0.1, 0.15) is 4.88 Å². The Morgan fingerprint density at radius 1 is 1.24 bits per heavy atom. The SMILES string of the molecule is O=C(Cc1cccs1)Nc1cccc(N2CCOCC2)c1. The first-order valence-electron chi connectivity index (χ1n) is 7.06. The summed E-state index contributed by atoms with van der Waals surface area (Å²) >= 11 is 1.60. The minimum atomic E-state index is 0.0246. The number of benzene rings is 1. The van der Waals surface area contributed by atoms with Crippen LogP contribution in [0.25, 0.3) is 0 Å². The third-order valence-corrected chi connectivity index (χ3v) is 4.30. The van der Waals surface area contributed by atoms with Crippen LogP contribution in [-0.2, 0) is 16.0 Å². The highest BCUT2D eigenvalue weighted by Crippen LogP contribution is 2.21. The van der Waals surface area contributed by atoms with Gasteiger partial charge in [0.15, 0.2) is 0 Å². The number of ether oxygens (including phenoxy) is 1. The van der Waals surface area contributed by atoms with Crippen molar-refractivity contribution in [2.24, 2.45) is 0 Å².